The number of rotatable bonds is 1. The van der Waals surface area contributed by atoms with Crippen molar-refractivity contribution >= 4 is 11.6 Å². The summed E-state index contributed by atoms with van der Waals surface area (Å²) in [5, 5.41) is 2.86. The summed E-state index contributed by atoms with van der Waals surface area (Å²) < 4.78 is 5.25. The number of fused-ring (bicyclic) bond motifs is 1. The first-order chi connectivity index (χ1) is 6.63. The van der Waals surface area contributed by atoms with Crippen LogP contribution in [0.25, 0.3) is 0 Å². The summed E-state index contributed by atoms with van der Waals surface area (Å²) in [6.07, 6.45) is 0.465. The maximum absolute atomic E-state index is 11.2. The van der Waals surface area contributed by atoms with Crippen LogP contribution in [0.2, 0.25) is 0 Å². The normalized spacial score (nSPS) is 13.8. The van der Waals surface area contributed by atoms with Crippen molar-refractivity contribution in [2.24, 2.45) is 0 Å². The molecule has 3 heteroatoms. The van der Waals surface area contributed by atoms with E-state index in [0.717, 1.165) is 28.1 Å². The van der Waals surface area contributed by atoms with Gasteiger partial charge in [-0.05, 0) is 36.6 Å². The van der Waals surface area contributed by atoms with Crippen LogP contribution in [-0.2, 0) is 11.2 Å². The van der Waals surface area contributed by atoms with Gasteiger partial charge in [-0.25, -0.2) is 0 Å². The highest BCUT2D eigenvalue weighted by atomic mass is 16.5. The Bertz CT molecular complexity index is 410. The van der Waals surface area contributed by atoms with Crippen LogP contribution in [0.3, 0.4) is 0 Å². The van der Waals surface area contributed by atoms with E-state index in [1.165, 1.54) is 0 Å². The van der Waals surface area contributed by atoms with E-state index >= 15 is 0 Å². The number of methoxy groups -OCH3 is 1. The van der Waals surface area contributed by atoms with Crippen LogP contribution >= 0.6 is 0 Å². The van der Waals surface area contributed by atoms with Crippen LogP contribution in [0.4, 0.5) is 5.69 Å². The smallest absolute Gasteiger partial charge is 0.228 e. The summed E-state index contributed by atoms with van der Waals surface area (Å²) >= 11 is 0. The lowest BCUT2D eigenvalue weighted by Gasteiger charge is -2.11. The van der Waals surface area contributed by atoms with E-state index in [9.17, 15) is 4.79 Å². The Morgan fingerprint density at radius 3 is 2.71 bits per heavy atom. The molecule has 1 heterocycles. The number of ether oxygens (including phenoxy) is 1. The molecule has 0 spiro atoms. The Balaban J connectivity index is 2.61. The monoisotopic (exact) mass is 191 g/mol. The summed E-state index contributed by atoms with van der Waals surface area (Å²) in [4.78, 5) is 11.2. The van der Waals surface area contributed by atoms with E-state index in [2.05, 4.69) is 5.32 Å². The van der Waals surface area contributed by atoms with E-state index in [0.29, 0.717) is 6.42 Å². The molecule has 14 heavy (non-hydrogen) atoms. The number of amides is 1. The average molecular weight is 191 g/mol. The Hall–Kier alpha value is -1.51. The summed E-state index contributed by atoms with van der Waals surface area (Å²) in [6, 6.07) is 1.94. The maximum Gasteiger partial charge on any atom is 0.228 e. The third-order valence-electron chi connectivity index (χ3n) is 2.77. The minimum atomic E-state index is 0.0655. The highest BCUT2D eigenvalue weighted by Gasteiger charge is 2.22. The van der Waals surface area contributed by atoms with Gasteiger partial charge in [0, 0.05) is 5.69 Å². The van der Waals surface area contributed by atoms with E-state index < -0.39 is 0 Å². The summed E-state index contributed by atoms with van der Waals surface area (Å²) in [5.74, 6) is 0.925. The van der Waals surface area contributed by atoms with Gasteiger partial charge in [0.15, 0.2) is 0 Å². The molecule has 0 radical (unpaired) electrons. The third kappa shape index (κ3) is 1.16. The molecule has 74 valence electrons. The minimum absolute atomic E-state index is 0.0655. The van der Waals surface area contributed by atoms with Gasteiger partial charge in [-0.2, -0.15) is 0 Å². The molecule has 3 nitrogen and oxygen atoms in total. The summed E-state index contributed by atoms with van der Waals surface area (Å²) in [5.41, 5.74) is 4.20. The second kappa shape index (κ2) is 3.01. The van der Waals surface area contributed by atoms with Crippen molar-refractivity contribution in [2.45, 2.75) is 20.3 Å². The van der Waals surface area contributed by atoms with E-state index in [-0.39, 0.29) is 5.91 Å². The second-order valence-corrected chi connectivity index (χ2v) is 3.59. The standard InChI is InChI=1S/C11H13NO2/c1-6-7(2)11-8(4-9(6)14-3)5-10(13)12-11/h4H,5H2,1-3H3,(H,12,13). The number of carbonyl (C=O) groups excluding carboxylic acids is 1. The van der Waals surface area contributed by atoms with E-state index in [4.69, 9.17) is 4.74 Å². The molecule has 1 aromatic rings. The van der Waals surface area contributed by atoms with Crippen molar-refractivity contribution in [1.29, 1.82) is 0 Å². The van der Waals surface area contributed by atoms with Crippen LogP contribution in [0.1, 0.15) is 16.7 Å². The number of hydrogen-bond donors (Lipinski definition) is 1. The number of benzene rings is 1. The highest BCUT2D eigenvalue weighted by Crippen LogP contribution is 2.34. The SMILES string of the molecule is COc1cc2c(c(C)c1C)NC(=O)C2. The van der Waals surface area contributed by atoms with Crippen molar-refractivity contribution in [2.75, 3.05) is 12.4 Å². The molecule has 2 rings (SSSR count). The van der Waals surface area contributed by atoms with Crippen molar-refractivity contribution in [3.63, 3.8) is 0 Å². The maximum atomic E-state index is 11.2. The summed E-state index contributed by atoms with van der Waals surface area (Å²) in [6.45, 7) is 4.00. The Morgan fingerprint density at radius 2 is 2.07 bits per heavy atom. The van der Waals surface area contributed by atoms with Gasteiger partial charge in [0.1, 0.15) is 5.75 Å². The molecular formula is C11H13NO2. The van der Waals surface area contributed by atoms with Crippen LogP contribution in [0.5, 0.6) is 5.75 Å². The third-order valence-corrected chi connectivity index (χ3v) is 2.77. The quantitative estimate of drug-likeness (QED) is 0.735. The largest absolute Gasteiger partial charge is 0.496 e. The van der Waals surface area contributed by atoms with Crippen molar-refractivity contribution in [3.8, 4) is 5.75 Å². The number of carbonyl (C=O) groups is 1. The van der Waals surface area contributed by atoms with Gasteiger partial charge < -0.3 is 10.1 Å². The fraction of sp³-hybridized carbons (Fsp3) is 0.364. The van der Waals surface area contributed by atoms with E-state index in [1.54, 1.807) is 7.11 Å². The summed E-state index contributed by atoms with van der Waals surface area (Å²) in [7, 11) is 1.65. The average Bonchev–Trinajstić information content (AvgIpc) is 2.52. The van der Waals surface area contributed by atoms with E-state index in [1.807, 2.05) is 19.9 Å². The van der Waals surface area contributed by atoms with Gasteiger partial charge in [-0.3, -0.25) is 4.79 Å². The lowest BCUT2D eigenvalue weighted by molar-refractivity contribution is -0.115. The molecule has 1 amide bonds. The first-order valence-electron chi connectivity index (χ1n) is 4.60. The fourth-order valence-electron chi connectivity index (χ4n) is 1.83. The Morgan fingerprint density at radius 1 is 1.36 bits per heavy atom. The first kappa shape index (κ1) is 9.06. The lowest BCUT2D eigenvalue weighted by Crippen LogP contribution is -2.04. The second-order valence-electron chi connectivity index (χ2n) is 3.59. The molecule has 0 unspecified atom stereocenters. The van der Waals surface area contributed by atoms with Crippen LogP contribution in [0.15, 0.2) is 6.07 Å². The molecular weight excluding hydrogens is 178 g/mol. The molecule has 0 fully saturated rings. The predicted molar refractivity (Wildman–Crippen MR) is 54.8 cm³/mol. The molecule has 0 aromatic heterocycles. The predicted octanol–water partition coefficient (Wildman–Crippen LogP) is 1.81. The molecule has 0 aliphatic carbocycles. The molecule has 0 atom stereocenters. The van der Waals surface area contributed by atoms with Gasteiger partial charge in [0.25, 0.3) is 0 Å². The van der Waals surface area contributed by atoms with Crippen LogP contribution in [0, 0.1) is 13.8 Å². The highest BCUT2D eigenvalue weighted by molar-refractivity contribution is 6.00. The first-order valence-corrected chi connectivity index (χ1v) is 4.60. The molecule has 1 aliphatic heterocycles. The van der Waals surface area contributed by atoms with Gasteiger partial charge >= 0.3 is 0 Å². The number of nitrogens with one attached hydrogen (secondary N) is 1. The number of anilines is 1. The molecule has 1 N–H and O–H groups in total. The molecule has 0 bridgehead atoms. The lowest BCUT2D eigenvalue weighted by atomic mass is 10.0. The zero-order chi connectivity index (χ0) is 10.3. The minimum Gasteiger partial charge on any atom is -0.496 e. The zero-order valence-corrected chi connectivity index (χ0v) is 8.60. The molecule has 0 saturated carbocycles. The van der Waals surface area contributed by atoms with Gasteiger partial charge in [0.05, 0.1) is 13.5 Å². The number of hydrogen-bond acceptors (Lipinski definition) is 2. The Labute approximate surface area is 83.1 Å². The van der Waals surface area contributed by atoms with Gasteiger partial charge in [-0.1, -0.05) is 0 Å². The Kier molecular flexibility index (Phi) is 1.95. The van der Waals surface area contributed by atoms with Crippen molar-refractivity contribution < 1.29 is 9.53 Å². The van der Waals surface area contributed by atoms with Gasteiger partial charge in [-0.15, -0.1) is 0 Å². The van der Waals surface area contributed by atoms with Crippen molar-refractivity contribution in [1.82, 2.24) is 0 Å². The van der Waals surface area contributed by atoms with Crippen molar-refractivity contribution in [3.05, 3.63) is 22.8 Å². The topological polar surface area (TPSA) is 38.3 Å². The molecule has 0 saturated heterocycles. The molecule has 1 aromatic carbocycles. The van der Waals surface area contributed by atoms with Gasteiger partial charge in [0.2, 0.25) is 5.91 Å². The van der Waals surface area contributed by atoms with Crippen LogP contribution < -0.4 is 10.1 Å². The zero-order valence-electron chi connectivity index (χ0n) is 8.60. The van der Waals surface area contributed by atoms with Crippen LogP contribution in [-0.4, -0.2) is 13.0 Å². The fourth-order valence-corrected chi connectivity index (χ4v) is 1.83. The molecule has 1 aliphatic rings.